The number of amides is 1. The van der Waals surface area contributed by atoms with Gasteiger partial charge < -0.3 is 10.6 Å². The van der Waals surface area contributed by atoms with Gasteiger partial charge in [-0.3, -0.25) is 4.79 Å². The lowest BCUT2D eigenvalue weighted by molar-refractivity contribution is -0.115. The lowest BCUT2D eigenvalue weighted by atomic mass is 10.1. The molecule has 0 aromatic heterocycles. The maximum Gasteiger partial charge on any atom is 0.238 e. The number of nitrogens with one attached hydrogen (secondary N) is 2. The van der Waals surface area contributed by atoms with Crippen LogP contribution in [-0.4, -0.2) is 18.5 Å². The van der Waals surface area contributed by atoms with Crippen molar-refractivity contribution >= 4 is 11.6 Å². The van der Waals surface area contributed by atoms with E-state index in [1.807, 2.05) is 31.2 Å². The number of rotatable bonds is 8. The topological polar surface area (TPSA) is 41.1 Å². The van der Waals surface area contributed by atoms with Crippen molar-refractivity contribution in [2.24, 2.45) is 0 Å². The second-order valence-electron chi connectivity index (χ2n) is 5.14. The van der Waals surface area contributed by atoms with Gasteiger partial charge in [-0.2, -0.15) is 0 Å². The normalized spacial score (nSPS) is 12.2. The monoisotopic (exact) mass is 262 g/mol. The van der Waals surface area contributed by atoms with E-state index >= 15 is 0 Å². The molecule has 0 bridgehead atoms. The van der Waals surface area contributed by atoms with Crippen LogP contribution in [0.2, 0.25) is 0 Å². The molecule has 0 aliphatic carbocycles. The Hall–Kier alpha value is -1.35. The Balaban J connectivity index is 2.26. The predicted octanol–water partition coefficient (Wildman–Crippen LogP) is 3.49. The van der Waals surface area contributed by atoms with Gasteiger partial charge in [-0.25, -0.2) is 0 Å². The van der Waals surface area contributed by atoms with Crippen molar-refractivity contribution < 1.29 is 4.79 Å². The molecule has 0 saturated carbocycles. The Morgan fingerprint density at radius 1 is 1.26 bits per heavy atom. The average Bonchev–Trinajstić information content (AvgIpc) is 2.39. The highest BCUT2D eigenvalue weighted by Gasteiger charge is 2.06. The van der Waals surface area contributed by atoms with Crippen LogP contribution in [0.1, 0.15) is 45.1 Å². The summed E-state index contributed by atoms with van der Waals surface area (Å²) in [5.74, 6) is 0.0247. The Labute approximate surface area is 116 Å². The summed E-state index contributed by atoms with van der Waals surface area (Å²) in [6.07, 6.45) is 4.86. The number of hydrogen-bond acceptors (Lipinski definition) is 2. The smallest absolute Gasteiger partial charge is 0.238 e. The molecule has 0 heterocycles. The number of para-hydroxylation sites is 1. The molecule has 0 fully saturated rings. The van der Waals surface area contributed by atoms with Crippen LogP contribution in [-0.2, 0) is 4.79 Å². The van der Waals surface area contributed by atoms with E-state index in [1.54, 1.807) is 0 Å². The van der Waals surface area contributed by atoms with Crippen LogP contribution in [0.4, 0.5) is 5.69 Å². The molecule has 3 heteroatoms. The van der Waals surface area contributed by atoms with Gasteiger partial charge in [0.15, 0.2) is 0 Å². The minimum Gasteiger partial charge on any atom is -0.325 e. The first-order valence-corrected chi connectivity index (χ1v) is 7.22. The summed E-state index contributed by atoms with van der Waals surface area (Å²) in [5, 5.41) is 6.20. The first-order chi connectivity index (χ1) is 9.13. The lowest BCUT2D eigenvalue weighted by Gasteiger charge is -2.14. The minimum absolute atomic E-state index is 0.0247. The van der Waals surface area contributed by atoms with Gasteiger partial charge in [-0.1, -0.05) is 44.4 Å². The summed E-state index contributed by atoms with van der Waals surface area (Å²) < 4.78 is 0. The van der Waals surface area contributed by atoms with E-state index in [0.717, 1.165) is 17.7 Å². The average molecular weight is 262 g/mol. The molecule has 0 aliphatic rings. The summed E-state index contributed by atoms with van der Waals surface area (Å²) in [5.41, 5.74) is 1.99. The summed E-state index contributed by atoms with van der Waals surface area (Å²) in [7, 11) is 0. The molecule has 0 aliphatic heterocycles. The highest BCUT2D eigenvalue weighted by atomic mass is 16.1. The standard InChI is InChI=1S/C16H26N2O/c1-4-5-6-10-14(3)17-12-16(19)18-15-11-8-7-9-13(15)2/h7-9,11,14,17H,4-6,10,12H2,1-3H3,(H,18,19)/t14-/m1/s1. The van der Waals surface area contributed by atoms with Crippen LogP contribution in [0.25, 0.3) is 0 Å². The lowest BCUT2D eigenvalue weighted by Crippen LogP contribution is -2.34. The first kappa shape index (κ1) is 15.7. The molecule has 0 unspecified atom stereocenters. The quantitative estimate of drug-likeness (QED) is 0.704. The van der Waals surface area contributed by atoms with Crippen molar-refractivity contribution in [1.82, 2.24) is 5.32 Å². The third kappa shape index (κ3) is 6.39. The van der Waals surface area contributed by atoms with Crippen molar-refractivity contribution in [3.05, 3.63) is 29.8 Å². The van der Waals surface area contributed by atoms with Crippen LogP contribution >= 0.6 is 0 Å². The van der Waals surface area contributed by atoms with Gasteiger partial charge in [0, 0.05) is 11.7 Å². The molecule has 19 heavy (non-hydrogen) atoms. The maximum atomic E-state index is 11.8. The van der Waals surface area contributed by atoms with E-state index in [4.69, 9.17) is 0 Å². The Morgan fingerprint density at radius 2 is 2.00 bits per heavy atom. The summed E-state index contributed by atoms with van der Waals surface area (Å²) in [6, 6.07) is 8.23. The van der Waals surface area contributed by atoms with Gasteiger partial charge in [0.1, 0.15) is 0 Å². The van der Waals surface area contributed by atoms with Crippen molar-refractivity contribution in [3.8, 4) is 0 Å². The van der Waals surface area contributed by atoms with E-state index in [0.29, 0.717) is 12.6 Å². The van der Waals surface area contributed by atoms with Gasteiger partial charge >= 0.3 is 0 Å². The molecule has 1 aromatic carbocycles. The second-order valence-corrected chi connectivity index (χ2v) is 5.14. The fourth-order valence-electron chi connectivity index (χ4n) is 1.98. The Morgan fingerprint density at radius 3 is 2.68 bits per heavy atom. The molecule has 1 aromatic rings. The Kier molecular flexibility index (Phi) is 7.19. The summed E-state index contributed by atoms with van der Waals surface area (Å²) in [4.78, 5) is 11.8. The molecule has 106 valence electrons. The number of carbonyl (C=O) groups is 1. The zero-order chi connectivity index (χ0) is 14.1. The van der Waals surface area contributed by atoms with E-state index in [-0.39, 0.29) is 5.91 Å². The number of hydrogen-bond donors (Lipinski definition) is 2. The predicted molar refractivity (Wildman–Crippen MR) is 81.4 cm³/mol. The van der Waals surface area contributed by atoms with Gasteiger partial charge in [0.05, 0.1) is 6.54 Å². The number of anilines is 1. The molecule has 0 spiro atoms. The van der Waals surface area contributed by atoms with Crippen molar-refractivity contribution in [1.29, 1.82) is 0 Å². The molecule has 0 saturated heterocycles. The maximum absolute atomic E-state index is 11.8. The number of benzene rings is 1. The van der Waals surface area contributed by atoms with Gasteiger partial charge in [-0.15, -0.1) is 0 Å². The van der Waals surface area contributed by atoms with Gasteiger partial charge in [0.2, 0.25) is 5.91 Å². The molecule has 1 rings (SSSR count). The van der Waals surface area contributed by atoms with Crippen LogP contribution in [0.5, 0.6) is 0 Å². The summed E-state index contributed by atoms with van der Waals surface area (Å²) in [6.45, 7) is 6.71. The van der Waals surface area contributed by atoms with Crippen molar-refractivity contribution in [2.75, 3.05) is 11.9 Å². The van der Waals surface area contributed by atoms with E-state index in [9.17, 15) is 4.79 Å². The fraction of sp³-hybridized carbons (Fsp3) is 0.562. The highest BCUT2D eigenvalue weighted by molar-refractivity contribution is 5.92. The van der Waals surface area contributed by atoms with Crippen molar-refractivity contribution in [3.63, 3.8) is 0 Å². The third-order valence-corrected chi connectivity index (χ3v) is 3.27. The molecule has 1 amide bonds. The van der Waals surface area contributed by atoms with Crippen molar-refractivity contribution in [2.45, 2.75) is 52.5 Å². The molecule has 3 nitrogen and oxygen atoms in total. The summed E-state index contributed by atoms with van der Waals surface area (Å²) >= 11 is 0. The van der Waals surface area contributed by atoms with Crippen LogP contribution in [0.15, 0.2) is 24.3 Å². The molecule has 1 atom stereocenters. The molecular formula is C16H26N2O. The zero-order valence-electron chi connectivity index (χ0n) is 12.3. The van der Waals surface area contributed by atoms with E-state index in [2.05, 4.69) is 24.5 Å². The number of aryl methyl sites for hydroxylation is 1. The zero-order valence-corrected chi connectivity index (χ0v) is 12.3. The van der Waals surface area contributed by atoms with Gasteiger partial charge in [0.25, 0.3) is 0 Å². The van der Waals surface area contributed by atoms with Crippen LogP contribution in [0, 0.1) is 6.92 Å². The van der Waals surface area contributed by atoms with Crippen LogP contribution in [0.3, 0.4) is 0 Å². The molecule has 0 radical (unpaired) electrons. The number of unbranched alkanes of at least 4 members (excludes halogenated alkanes) is 2. The second kappa shape index (κ2) is 8.70. The van der Waals surface area contributed by atoms with Crippen LogP contribution < -0.4 is 10.6 Å². The molecule has 2 N–H and O–H groups in total. The Bertz CT molecular complexity index is 390. The minimum atomic E-state index is 0.0247. The fourth-order valence-corrected chi connectivity index (χ4v) is 1.98. The third-order valence-electron chi connectivity index (χ3n) is 3.27. The SMILES string of the molecule is CCCCC[C@@H](C)NCC(=O)Nc1ccccc1C. The largest absolute Gasteiger partial charge is 0.325 e. The molecular weight excluding hydrogens is 236 g/mol. The van der Waals surface area contributed by atoms with E-state index < -0.39 is 0 Å². The van der Waals surface area contributed by atoms with Gasteiger partial charge in [-0.05, 0) is 31.9 Å². The highest BCUT2D eigenvalue weighted by Crippen LogP contribution is 2.12. The number of carbonyl (C=O) groups excluding carboxylic acids is 1. The van der Waals surface area contributed by atoms with E-state index in [1.165, 1.54) is 19.3 Å². The first-order valence-electron chi connectivity index (χ1n) is 7.22.